The van der Waals surface area contributed by atoms with Crippen LogP contribution in [0.1, 0.15) is 12.0 Å². The van der Waals surface area contributed by atoms with Crippen molar-refractivity contribution in [2.24, 2.45) is 0 Å². The van der Waals surface area contributed by atoms with Crippen LogP contribution in [0.3, 0.4) is 0 Å². The van der Waals surface area contributed by atoms with E-state index in [9.17, 15) is 13.2 Å². The first-order valence-corrected chi connectivity index (χ1v) is 8.69. The zero-order chi connectivity index (χ0) is 17.0. The van der Waals surface area contributed by atoms with Gasteiger partial charge >= 0.3 is 5.97 Å². The second kappa shape index (κ2) is 7.02. The number of aliphatic carboxylic acids is 1. The van der Waals surface area contributed by atoms with E-state index in [0.29, 0.717) is 10.7 Å². The molecule has 0 aliphatic heterocycles. The molecule has 0 aliphatic rings. The van der Waals surface area contributed by atoms with Crippen molar-refractivity contribution in [3.05, 3.63) is 59.1 Å². The number of benzene rings is 2. The molecule has 0 atom stereocenters. The van der Waals surface area contributed by atoms with Gasteiger partial charge in [-0.2, -0.15) is 0 Å². The summed E-state index contributed by atoms with van der Waals surface area (Å²) >= 11 is 5.83. The molecular weight excluding hydrogens is 338 g/mol. The van der Waals surface area contributed by atoms with Gasteiger partial charge in [0.05, 0.1) is 17.0 Å². The Bertz CT molecular complexity index is 786. The SMILES string of the molecule is Cc1ccc(S(=O)(=O)N(CCC(=O)O)c2ccc(Cl)cc2)cc1. The van der Waals surface area contributed by atoms with Crippen molar-refractivity contribution in [2.75, 3.05) is 10.8 Å². The first-order chi connectivity index (χ1) is 10.8. The molecule has 23 heavy (non-hydrogen) atoms. The van der Waals surface area contributed by atoms with E-state index >= 15 is 0 Å². The first-order valence-electron chi connectivity index (χ1n) is 6.87. The molecule has 7 heteroatoms. The van der Waals surface area contributed by atoms with E-state index in [0.717, 1.165) is 9.87 Å². The quantitative estimate of drug-likeness (QED) is 0.864. The number of anilines is 1. The smallest absolute Gasteiger partial charge is 0.305 e. The van der Waals surface area contributed by atoms with Crippen LogP contribution < -0.4 is 4.31 Å². The zero-order valence-electron chi connectivity index (χ0n) is 12.4. The van der Waals surface area contributed by atoms with Gasteiger partial charge in [0, 0.05) is 11.6 Å². The number of nitrogens with zero attached hydrogens (tertiary/aromatic N) is 1. The number of aryl methyl sites for hydroxylation is 1. The predicted molar refractivity (Wildman–Crippen MR) is 89.4 cm³/mol. The van der Waals surface area contributed by atoms with E-state index < -0.39 is 16.0 Å². The van der Waals surface area contributed by atoms with Crippen LogP contribution in [0.2, 0.25) is 5.02 Å². The first kappa shape index (κ1) is 17.3. The van der Waals surface area contributed by atoms with Crippen LogP contribution in [0.25, 0.3) is 0 Å². The maximum Gasteiger partial charge on any atom is 0.305 e. The summed E-state index contributed by atoms with van der Waals surface area (Å²) in [6.45, 7) is 1.70. The molecule has 0 heterocycles. The predicted octanol–water partition coefficient (Wildman–Crippen LogP) is 3.32. The van der Waals surface area contributed by atoms with Crippen molar-refractivity contribution in [1.29, 1.82) is 0 Å². The Hall–Kier alpha value is -2.05. The summed E-state index contributed by atoms with van der Waals surface area (Å²) in [5.41, 5.74) is 1.31. The van der Waals surface area contributed by atoms with Crippen molar-refractivity contribution in [2.45, 2.75) is 18.2 Å². The average Bonchev–Trinajstić information content (AvgIpc) is 2.49. The highest BCUT2D eigenvalue weighted by molar-refractivity contribution is 7.92. The Balaban J connectivity index is 2.44. The topological polar surface area (TPSA) is 74.7 Å². The van der Waals surface area contributed by atoms with Crippen LogP contribution >= 0.6 is 11.6 Å². The lowest BCUT2D eigenvalue weighted by Gasteiger charge is -2.24. The highest BCUT2D eigenvalue weighted by Crippen LogP contribution is 2.25. The molecule has 0 saturated carbocycles. The minimum atomic E-state index is -3.85. The minimum Gasteiger partial charge on any atom is -0.481 e. The summed E-state index contributed by atoms with van der Waals surface area (Å²) in [5, 5.41) is 9.36. The van der Waals surface area contributed by atoms with Gasteiger partial charge in [0.15, 0.2) is 0 Å². The van der Waals surface area contributed by atoms with Crippen LogP contribution in [0.15, 0.2) is 53.4 Å². The third kappa shape index (κ3) is 4.24. The Labute approximate surface area is 140 Å². The van der Waals surface area contributed by atoms with E-state index in [-0.39, 0.29) is 17.9 Å². The monoisotopic (exact) mass is 353 g/mol. The molecule has 0 saturated heterocycles. The van der Waals surface area contributed by atoms with Crippen molar-refractivity contribution in [1.82, 2.24) is 0 Å². The number of rotatable bonds is 6. The number of carbonyl (C=O) groups is 1. The fourth-order valence-corrected chi connectivity index (χ4v) is 3.62. The summed E-state index contributed by atoms with van der Waals surface area (Å²) in [6.07, 6.45) is -0.298. The number of sulfonamides is 1. The lowest BCUT2D eigenvalue weighted by Crippen LogP contribution is -2.33. The third-order valence-electron chi connectivity index (χ3n) is 3.25. The van der Waals surface area contributed by atoms with E-state index in [1.54, 1.807) is 36.4 Å². The lowest BCUT2D eigenvalue weighted by atomic mass is 10.2. The molecule has 2 aromatic carbocycles. The van der Waals surface area contributed by atoms with Gasteiger partial charge in [-0.3, -0.25) is 9.10 Å². The van der Waals surface area contributed by atoms with Crippen molar-refractivity contribution in [3.8, 4) is 0 Å². The van der Waals surface area contributed by atoms with Gasteiger partial charge < -0.3 is 5.11 Å². The summed E-state index contributed by atoms with van der Waals surface area (Å²) in [7, 11) is -3.85. The third-order valence-corrected chi connectivity index (χ3v) is 5.35. The molecule has 0 bridgehead atoms. The van der Waals surface area contributed by atoms with Crippen molar-refractivity contribution < 1.29 is 18.3 Å². The summed E-state index contributed by atoms with van der Waals surface area (Å²) in [4.78, 5) is 11.0. The normalized spacial score (nSPS) is 11.2. The second-order valence-electron chi connectivity index (χ2n) is 5.01. The van der Waals surface area contributed by atoms with E-state index in [2.05, 4.69) is 0 Å². The number of hydrogen-bond donors (Lipinski definition) is 1. The largest absolute Gasteiger partial charge is 0.481 e. The van der Waals surface area contributed by atoms with Gasteiger partial charge in [-0.05, 0) is 43.3 Å². The Morgan fingerprint density at radius 2 is 1.65 bits per heavy atom. The minimum absolute atomic E-state index is 0.114. The van der Waals surface area contributed by atoms with Crippen LogP contribution in [0.4, 0.5) is 5.69 Å². The molecule has 0 amide bonds. The molecule has 0 aromatic heterocycles. The summed E-state index contributed by atoms with van der Waals surface area (Å²) in [6, 6.07) is 12.6. The van der Waals surface area contributed by atoms with Gasteiger partial charge in [-0.15, -0.1) is 0 Å². The van der Waals surface area contributed by atoms with Crippen LogP contribution in [0, 0.1) is 6.92 Å². The van der Waals surface area contributed by atoms with Crippen molar-refractivity contribution in [3.63, 3.8) is 0 Å². The second-order valence-corrected chi connectivity index (χ2v) is 7.31. The van der Waals surface area contributed by atoms with Crippen LogP contribution in [0.5, 0.6) is 0 Å². The van der Waals surface area contributed by atoms with Crippen LogP contribution in [-0.4, -0.2) is 26.0 Å². The van der Waals surface area contributed by atoms with E-state index in [1.807, 2.05) is 6.92 Å². The molecule has 122 valence electrons. The maximum absolute atomic E-state index is 12.8. The van der Waals surface area contributed by atoms with Gasteiger partial charge in [-0.1, -0.05) is 29.3 Å². The molecule has 0 spiro atoms. The van der Waals surface area contributed by atoms with Gasteiger partial charge in [0.1, 0.15) is 0 Å². The molecule has 0 aliphatic carbocycles. The number of carboxylic acids is 1. The van der Waals surface area contributed by atoms with E-state index in [1.165, 1.54) is 12.1 Å². The molecule has 0 fully saturated rings. The maximum atomic E-state index is 12.8. The molecular formula is C16H16ClNO4S. The average molecular weight is 354 g/mol. The Kier molecular flexibility index (Phi) is 5.28. The number of hydrogen-bond acceptors (Lipinski definition) is 3. The lowest BCUT2D eigenvalue weighted by molar-refractivity contribution is -0.136. The molecule has 2 rings (SSSR count). The number of carboxylic acid groups (broad SMARTS) is 1. The molecule has 0 radical (unpaired) electrons. The van der Waals surface area contributed by atoms with Gasteiger partial charge in [0.25, 0.3) is 10.0 Å². The zero-order valence-corrected chi connectivity index (χ0v) is 14.0. The summed E-state index contributed by atoms with van der Waals surface area (Å²) < 4.78 is 26.8. The standard InChI is InChI=1S/C16H16ClNO4S/c1-12-2-8-15(9-3-12)23(21,22)18(11-10-16(19)20)14-6-4-13(17)5-7-14/h2-9H,10-11H2,1H3,(H,19,20). The molecule has 1 N–H and O–H groups in total. The van der Waals surface area contributed by atoms with Gasteiger partial charge in [-0.25, -0.2) is 8.42 Å². The molecule has 5 nitrogen and oxygen atoms in total. The fourth-order valence-electron chi connectivity index (χ4n) is 2.03. The molecule has 0 unspecified atom stereocenters. The highest BCUT2D eigenvalue weighted by atomic mass is 35.5. The Morgan fingerprint density at radius 1 is 1.09 bits per heavy atom. The summed E-state index contributed by atoms with van der Waals surface area (Å²) in [5.74, 6) is -1.07. The Morgan fingerprint density at radius 3 is 2.17 bits per heavy atom. The molecule has 2 aromatic rings. The van der Waals surface area contributed by atoms with Crippen LogP contribution in [-0.2, 0) is 14.8 Å². The highest BCUT2D eigenvalue weighted by Gasteiger charge is 2.25. The van der Waals surface area contributed by atoms with E-state index in [4.69, 9.17) is 16.7 Å². The number of halogens is 1. The van der Waals surface area contributed by atoms with Crippen molar-refractivity contribution >= 4 is 33.3 Å². The van der Waals surface area contributed by atoms with Gasteiger partial charge in [0.2, 0.25) is 0 Å². The fraction of sp³-hybridized carbons (Fsp3) is 0.188.